The molecular formula is C29H33BrFN3O4S. The SMILES string of the molecule is CC(C)CNC(=O)[C@H](Cc1ccccc1)N(Cc1cccc(Br)c1)C(=O)CN(c1cccc(F)c1)S(C)(=O)=O. The molecule has 0 aliphatic heterocycles. The summed E-state index contributed by atoms with van der Waals surface area (Å²) in [6, 6.07) is 20.8. The summed E-state index contributed by atoms with van der Waals surface area (Å²) in [4.78, 5) is 28.9. The molecule has 3 aromatic rings. The molecule has 3 rings (SSSR count). The average molecular weight is 619 g/mol. The maximum absolute atomic E-state index is 14.0. The molecule has 2 amide bonds. The third kappa shape index (κ3) is 9.18. The number of halogens is 2. The highest BCUT2D eigenvalue weighted by Crippen LogP contribution is 2.22. The van der Waals surface area contributed by atoms with Crippen molar-refractivity contribution in [2.45, 2.75) is 32.9 Å². The number of nitrogens with one attached hydrogen (secondary N) is 1. The van der Waals surface area contributed by atoms with Gasteiger partial charge in [-0.15, -0.1) is 0 Å². The number of benzene rings is 3. The zero-order valence-electron chi connectivity index (χ0n) is 22.2. The van der Waals surface area contributed by atoms with Crippen molar-refractivity contribution in [3.8, 4) is 0 Å². The zero-order chi connectivity index (χ0) is 28.6. The number of sulfonamides is 1. The van der Waals surface area contributed by atoms with Crippen LogP contribution in [0.3, 0.4) is 0 Å². The normalized spacial score (nSPS) is 12.2. The number of hydrogen-bond acceptors (Lipinski definition) is 4. The van der Waals surface area contributed by atoms with Gasteiger partial charge < -0.3 is 10.2 Å². The first-order chi connectivity index (χ1) is 18.4. The molecule has 0 saturated heterocycles. The van der Waals surface area contributed by atoms with Gasteiger partial charge in [0.25, 0.3) is 0 Å². The van der Waals surface area contributed by atoms with E-state index in [0.29, 0.717) is 6.54 Å². The second kappa shape index (κ2) is 13.7. The number of nitrogens with zero attached hydrogens (tertiary/aromatic N) is 2. The minimum atomic E-state index is -3.96. The molecule has 0 radical (unpaired) electrons. The lowest BCUT2D eigenvalue weighted by Crippen LogP contribution is -2.53. The fourth-order valence-corrected chi connectivity index (χ4v) is 5.34. The minimum absolute atomic E-state index is 0.0251. The van der Waals surface area contributed by atoms with Crippen molar-refractivity contribution in [2.75, 3.05) is 23.7 Å². The number of carbonyl (C=O) groups excluding carboxylic acids is 2. The smallest absolute Gasteiger partial charge is 0.244 e. The van der Waals surface area contributed by atoms with E-state index >= 15 is 0 Å². The lowest BCUT2D eigenvalue weighted by molar-refractivity contribution is -0.140. The Kier molecular flexibility index (Phi) is 10.7. The Hall–Kier alpha value is -3.24. The van der Waals surface area contributed by atoms with Crippen LogP contribution in [0.4, 0.5) is 10.1 Å². The number of amides is 2. The second-order valence-corrected chi connectivity index (χ2v) is 12.6. The highest BCUT2D eigenvalue weighted by molar-refractivity contribution is 9.10. The van der Waals surface area contributed by atoms with E-state index in [1.165, 1.54) is 23.1 Å². The van der Waals surface area contributed by atoms with Crippen LogP contribution in [0.5, 0.6) is 0 Å². The van der Waals surface area contributed by atoms with Crippen LogP contribution >= 0.6 is 15.9 Å². The van der Waals surface area contributed by atoms with Crippen LogP contribution < -0.4 is 9.62 Å². The van der Waals surface area contributed by atoms with Gasteiger partial charge in [-0.3, -0.25) is 13.9 Å². The van der Waals surface area contributed by atoms with E-state index in [-0.39, 0.29) is 30.5 Å². The molecule has 0 aliphatic carbocycles. The maximum atomic E-state index is 14.0. The van der Waals surface area contributed by atoms with E-state index in [9.17, 15) is 22.4 Å². The molecule has 208 valence electrons. The average Bonchev–Trinajstić information content (AvgIpc) is 2.87. The summed E-state index contributed by atoms with van der Waals surface area (Å²) < 4.78 is 41.1. The highest BCUT2D eigenvalue weighted by Gasteiger charge is 2.33. The molecule has 0 spiro atoms. The van der Waals surface area contributed by atoms with Crippen LogP contribution in [0.2, 0.25) is 0 Å². The molecule has 0 heterocycles. The Bertz CT molecular complexity index is 1390. The van der Waals surface area contributed by atoms with Crippen molar-refractivity contribution in [1.82, 2.24) is 10.2 Å². The first kappa shape index (κ1) is 30.3. The highest BCUT2D eigenvalue weighted by atomic mass is 79.9. The van der Waals surface area contributed by atoms with Crippen LogP contribution in [-0.2, 0) is 32.6 Å². The van der Waals surface area contributed by atoms with Gasteiger partial charge in [0.15, 0.2) is 0 Å². The molecule has 0 fully saturated rings. The lowest BCUT2D eigenvalue weighted by atomic mass is 10.0. The Morgan fingerprint density at radius 2 is 1.62 bits per heavy atom. The fourth-order valence-electron chi connectivity index (χ4n) is 4.05. The fraction of sp³-hybridized carbons (Fsp3) is 0.310. The topological polar surface area (TPSA) is 86.8 Å². The summed E-state index contributed by atoms with van der Waals surface area (Å²) in [5.41, 5.74) is 1.63. The van der Waals surface area contributed by atoms with Crippen molar-refractivity contribution in [3.63, 3.8) is 0 Å². The number of carbonyl (C=O) groups is 2. The van der Waals surface area contributed by atoms with Crippen LogP contribution in [0.1, 0.15) is 25.0 Å². The van der Waals surface area contributed by atoms with Gasteiger partial charge in [0, 0.05) is 24.0 Å². The van der Waals surface area contributed by atoms with Crippen LogP contribution in [0, 0.1) is 11.7 Å². The molecular weight excluding hydrogens is 585 g/mol. The molecule has 0 saturated carbocycles. The number of anilines is 1. The monoisotopic (exact) mass is 617 g/mol. The van der Waals surface area contributed by atoms with Crippen molar-refractivity contribution < 1.29 is 22.4 Å². The Labute approximate surface area is 238 Å². The van der Waals surface area contributed by atoms with Crippen molar-refractivity contribution in [3.05, 3.63) is 100 Å². The van der Waals surface area contributed by atoms with Gasteiger partial charge in [-0.25, -0.2) is 12.8 Å². The predicted molar refractivity (Wildman–Crippen MR) is 155 cm³/mol. The number of rotatable bonds is 12. The molecule has 0 unspecified atom stereocenters. The van der Waals surface area contributed by atoms with E-state index in [1.54, 1.807) is 0 Å². The van der Waals surface area contributed by atoms with Crippen molar-refractivity contribution in [2.24, 2.45) is 5.92 Å². The Morgan fingerprint density at radius 1 is 0.949 bits per heavy atom. The van der Waals surface area contributed by atoms with Gasteiger partial charge in [0.2, 0.25) is 21.8 Å². The van der Waals surface area contributed by atoms with E-state index in [4.69, 9.17) is 0 Å². The summed E-state index contributed by atoms with van der Waals surface area (Å²) in [5.74, 6) is -1.37. The predicted octanol–water partition coefficient (Wildman–Crippen LogP) is 4.77. The minimum Gasteiger partial charge on any atom is -0.354 e. The molecule has 10 heteroatoms. The molecule has 0 bridgehead atoms. The quantitative estimate of drug-likeness (QED) is 0.317. The summed E-state index contributed by atoms with van der Waals surface area (Å²) in [6.45, 7) is 3.83. The zero-order valence-corrected chi connectivity index (χ0v) is 24.6. The van der Waals surface area contributed by atoms with Gasteiger partial charge in [0.1, 0.15) is 18.4 Å². The lowest BCUT2D eigenvalue weighted by Gasteiger charge is -2.33. The number of hydrogen-bond donors (Lipinski definition) is 1. The van der Waals surface area contributed by atoms with E-state index in [0.717, 1.165) is 32.2 Å². The van der Waals surface area contributed by atoms with E-state index < -0.39 is 34.3 Å². The van der Waals surface area contributed by atoms with Crippen LogP contribution in [-0.4, -0.2) is 50.5 Å². The van der Waals surface area contributed by atoms with Gasteiger partial charge in [0.05, 0.1) is 11.9 Å². The molecule has 3 aromatic carbocycles. The second-order valence-electron chi connectivity index (χ2n) is 9.75. The van der Waals surface area contributed by atoms with Crippen LogP contribution in [0.25, 0.3) is 0 Å². The van der Waals surface area contributed by atoms with Gasteiger partial charge in [-0.2, -0.15) is 0 Å². The van der Waals surface area contributed by atoms with E-state index in [2.05, 4.69) is 21.2 Å². The molecule has 1 atom stereocenters. The molecule has 7 nitrogen and oxygen atoms in total. The summed E-state index contributed by atoms with van der Waals surface area (Å²) in [5, 5.41) is 2.93. The van der Waals surface area contributed by atoms with Crippen LogP contribution in [0.15, 0.2) is 83.3 Å². The first-order valence-electron chi connectivity index (χ1n) is 12.5. The third-order valence-electron chi connectivity index (χ3n) is 5.97. The summed E-state index contributed by atoms with van der Waals surface area (Å²) in [7, 11) is -3.96. The van der Waals surface area contributed by atoms with Gasteiger partial charge >= 0.3 is 0 Å². The first-order valence-corrected chi connectivity index (χ1v) is 15.2. The molecule has 39 heavy (non-hydrogen) atoms. The van der Waals surface area contributed by atoms with Crippen molar-refractivity contribution >= 4 is 43.5 Å². The molecule has 0 aliphatic rings. The third-order valence-corrected chi connectivity index (χ3v) is 7.61. The van der Waals surface area contributed by atoms with E-state index in [1.807, 2.05) is 68.4 Å². The molecule has 0 aromatic heterocycles. The van der Waals surface area contributed by atoms with Gasteiger partial charge in [-0.1, -0.05) is 78.3 Å². The summed E-state index contributed by atoms with van der Waals surface area (Å²) in [6.07, 6.45) is 1.18. The Morgan fingerprint density at radius 3 is 2.23 bits per heavy atom. The standard InChI is InChI=1S/C29H33BrFN3O4S/c1-21(2)18-32-29(36)27(16-22-9-5-4-6-10-22)33(19-23-11-7-12-24(30)15-23)28(35)20-34(39(3,37)38)26-14-8-13-25(31)17-26/h4-15,17,21,27H,16,18-20H2,1-3H3,(H,32,36)/t27-/m0/s1. The largest absolute Gasteiger partial charge is 0.354 e. The summed E-state index contributed by atoms with van der Waals surface area (Å²) >= 11 is 3.45. The maximum Gasteiger partial charge on any atom is 0.244 e. The molecule has 1 N–H and O–H groups in total. The Balaban J connectivity index is 2.05. The van der Waals surface area contributed by atoms with Gasteiger partial charge in [-0.05, 0) is 47.4 Å². The van der Waals surface area contributed by atoms with Crippen molar-refractivity contribution in [1.29, 1.82) is 0 Å².